The van der Waals surface area contributed by atoms with Gasteiger partial charge in [-0.25, -0.2) is 4.98 Å². The average Bonchev–Trinajstić information content (AvgIpc) is 2.37. The Morgan fingerprint density at radius 1 is 1.26 bits per heavy atom. The number of pyridine rings is 1. The molecule has 0 bridgehead atoms. The molecule has 0 N–H and O–H groups in total. The predicted octanol–water partition coefficient (Wildman–Crippen LogP) is 3.13. The van der Waals surface area contributed by atoms with Crippen LogP contribution in [0.1, 0.15) is 43.7 Å². The van der Waals surface area contributed by atoms with E-state index in [1.807, 2.05) is 6.20 Å². The summed E-state index contributed by atoms with van der Waals surface area (Å²) in [6, 6.07) is 2.29. The third-order valence-corrected chi connectivity index (χ3v) is 4.56. The molecule has 0 radical (unpaired) electrons. The summed E-state index contributed by atoms with van der Waals surface area (Å²) in [5.74, 6) is 1.74. The molecule has 2 aliphatic heterocycles. The van der Waals surface area contributed by atoms with Crippen LogP contribution in [0.4, 0.5) is 5.82 Å². The average molecular weight is 260 g/mol. The van der Waals surface area contributed by atoms with Gasteiger partial charge < -0.3 is 9.64 Å². The molecule has 104 valence electrons. The van der Waals surface area contributed by atoms with Crippen LogP contribution < -0.4 is 4.90 Å². The van der Waals surface area contributed by atoms with Crippen molar-refractivity contribution >= 4 is 5.82 Å². The fraction of sp³-hybridized carbons (Fsp3) is 0.688. The minimum absolute atomic E-state index is 0.513. The van der Waals surface area contributed by atoms with Crippen molar-refractivity contribution in [1.29, 1.82) is 0 Å². The molecule has 1 aromatic rings. The maximum absolute atomic E-state index is 5.49. The standard InChI is InChI=1S/C16H24N2O/c1-12(2)14-8-13(3)9-17-15(14)18-10-16(11-18)4-6-19-7-5-16/h8-9,12H,4-7,10-11H2,1-3H3. The monoisotopic (exact) mass is 260 g/mol. The van der Waals surface area contributed by atoms with Crippen LogP contribution in [0.2, 0.25) is 0 Å². The Hall–Kier alpha value is -1.09. The molecule has 0 aromatic carbocycles. The molecule has 1 aromatic heterocycles. The van der Waals surface area contributed by atoms with Crippen molar-refractivity contribution in [3.63, 3.8) is 0 Å². The number of ether oxygens (including phenoxy) is 1. The van der Waals surface area contributed by atoms with Gasteiger partial charge in [-0.3, -0.25) is 0 Å². The summed E-state index contributed by atoms with van der Waals surface area (Å²) in [6.45, 7) is 10.8. The van der Waals surface area contributed by atoms with E-state index in [4.69, 9.17) is 9.72 Å². The number of aryl methyl sites for hydroxylation is 1. The Morgan fingerprint density at radius 2 is 1.95 bits per heavy atom. The summed E-state index contributed by atoms with van der Waals surface area (Å²) >= 11 is 0. The molecular weight excluding hydrogens is 236 g/mol. The van der Waals surface area contributed by atoms with E-state index in [9.17, 15) is 0 Å². The highest BCUT2D eigenvalue weighted by Gasteiger charge is 2.44. The molecule has 2 saturated heterocycles. The molecule has 3 nitrogen and oxygen atoms in total. The normalized spacial score (nSPS) is 21.8. The summed E-state index contributed by atoms with van der Waals surface area (Å²) < 4.78 is 5.49. The van der Waals surface area contributed by atoms with Gasteiger partial charge in [0.25, 0.3) is 0 Å². The highest BCUT2D eigenvalue weighted by molar-refractivity contribution is 5.52. The third kappa shape index (κ3) is 2.36. The SMILES string of the molecule is Cc1cnc(N2CC3(CCOCC3)C2)c(C(C)C)c1. The van der Waals surface area contributed by atoms with Crippen molar-refractivity contribution in [2.45, 2.75) is 39.5 Å². The molecule has 1 spiro atoms. The lowest BCUT2D eigenvalue weighted by Gasteiger charge is -2.53. The Balaban J connectivity index is 1.77. The largest absolute Gasteiger partial charge is 0.381 e. The molecule has 3 rings (SSSR count). The first-order valence-electron chi connectivity index (χ1n) is 7.39. The van der Waals surface area contributed by atoms with E-state index in [0.29, 0.717) is 11.3 Å². The van der Waals surface area contributed by atoms with Gasteiger partial charge in [-0.1, -0.05) is 19.9 Å². The van der Waals surface area contributed by atoms with Crippen LogP contribution in [0.3, 0.4) is 0 Å². The van der Waals surface area contributed by atoms with Gasteiger partial charge in [-0.05, 0) is 36.8 Å². The van der Waals surface area contributed by atoms with Crippen LogP contribution in [0.15, 0.2) is 12.3 Å². The van der Waals surface area contributed by atoms with Crippen LogP contribution in [-0.4, -0.2) is 31.3 Å². The molecule has 0 saturated carbocycles. The zero-order chi connectivity index (χ0) is 13.5. The number of nitrogens with zero attached hydrogens (tertiary/aromatic N) is 2. The van der Waals surface area contributed by atoms with Gasteiger partial charge in [-0.2, -0.15) is 0 Å². The van der Waals surface area contributed by atoms with Gasteiger partial charge in [0.15, 0.2) is 0 Å². The fourth-order valence-electron chi connectivity index (χ4n) is 3.31. The quantitative estimate of drug-likeness (QED) is 0.817. The van der Waals surface area contributed by atoms with Gasteiger partial charge >= 0.3 is 0 Å². The van der Waals surface area contributed by atoms with E-state index < -0.39 is 0 Å². The van der Waals surface area contributed by atoms with Gasteiger partial charge in [0.1, 0.15) is 5.82 Å². The molecule has 0 aliphatic carbocycles. The van der Waals surface area contributed by atoms with E-state index >= 15 is 0 Å². The van der Waals surface area contributed by atoms with Crippen molar-refractivity contribution in [1.82, 2.24) is 4.98 Å². The van der Waals surface area contributed by atoms with Crippen molar-refractivity contribution in [3.05, 3.63) is 23.4 Å². The van der Waals surface area contributed by atoms with Gasteiger partial charge in [0, 0.05) is 37.9 Å². The number of aromatic nitrogens is 1. The van der Waals surface area contributed by atoms with E-state index in [1.165, 1.54) is 29.8 Å². The summed E-state index contributed by atoms with van der Waals surface area (Å²) in [5.41, 5.74) is 3.16. The molecule has 3 heterocycles. The Morgan fingerprint density at radius 3 is 2.58 bits per heavy atom. The molecule has 19 heavy (non-hydrogen) atoms. The van der Waals surface area contributed by atoms with Gasteiger partial charge in [0.2, 0.25) is 0 Å². The van der Waals surface area contributed by atoms with E-state index in [0.717, 1.165) is 26.3 Å². The molecule has 0 unspecified atom stereocenters. The zero-order valence-corrected chi connectivity index (χ0v) is 12.3. The lowest BCUT2D eigenvalue weighted by Crippen LogP contribution is -2.59. The first-order valence-corrected chi connectivity index (χ1v) is 7.39. The minimum Gasteiger partial charge on any atom is -0.381 e. The number of anilines is 1. The molecule has 2 fully saturated rings. The van der Waals surface area contributed by atoms with Crippen LogP contribution in [0.25, 0.3) is 0 Å². The Labute approximate surface area is 116 Å². The first-order chi connectivity index (χ1) is 9.10. The third-order valence-electron chi connectivity index (χ3n) is 4.56. The highest BCUT2D eigenvalue weighted by Crippen LogP contribution is 2.43. The summed E-state index contributed by atoms with van der Waals surface area (Å²) in [4.78, 5) is 7.15. The molecule has 0 atom stereocenters. The predicted molar refractivity (Wildman–Crippen MR) is 77.8 cm³/mol. The molecule has 2 aliphatic rings. The second-order valence-electron chi connectivity index (χ2n) is 6.55. The van der Waals surface area contributed by atoms with Crippen LogP contribution in [0.5, 0.6) is 0 Å². The minimum atomic E-state index is 0.513. The number of rotatable bonds is 2. The van der Waals surface area contributed by atoms with Crippen molar-refractivity contribution in [3.8, 4) is 0 Å². The molecular formula is C16H24N2O. The van der Waals surface area contributed by atoms with Crippen molar-refractivity contribution < 1.29 is 4.74 Å². The van der Waals surface area contributed by atoms with Crippen molar-refractivity contribution in [2.24, 2.45) is 5.41 Å². The van der Waals surface area contributed by atoms with Crippen LogP contribution >= 0.6 is 0 Å². The molecule has 3 heteroatoms. The van der Waals surface area contributed by atoms with Crippen LogP contribution in [-0.2, 0) is 4.74 Å². The van der Waals surface area contributed by atoms with E-state index in [-0.39, 0.29) is 0 Å². The van der Waals surface area contributed by atoms with E-state index in [1.54, 1.807) is 0 Å². The smallest absolute Gasteiger partial charge is 0.132 e. The van der Waals surface area contributed by atoms with Crippen molar-refractivity contribution in [2.75, 3.05) is 31.2 Å². The topological polar surface area (TPSA) is 25.4 Å². The van der Waals surface area contributed by atoms with Crippen LogP contribution in [0, 0.1) is 12.3 Å². The first kappa shape index (κ1) is 12.9. The number of hydrogen-bond donors (Lipinski definition) is 0. The lowest BCUT2D eigenvalue weighted by molar-refractivity contribution is -0.000521. The number of hydrogen-bond acceptors (Lipinski definition) is 3. The Bertz CT molecular complexity index is 456. The zero-order valence-electron chi connectivity index (χ0n) is 12.3. The second kappa shape index (κ2) is 4.78. The lowest BCUT2D eigenvalue weighted by atomic mass is 9.73. The summed E-state index contributed by atoms with van der Waals surface area (Å²) in [5, 5.41) is 0. The highest BCUT2D eigenvalue weighted by atomic mass is 16.5. The second-order valence-corrected chi connectivity index (χ2v) is 6.55. The maximum atomic E-state index is 5.49. The maximum Gasteiger partial charge on any atom is 0.132 e. The summed E-state index contributed by atoms with van der Waals surface area (Å²) in [6.07, 6.45) is 4.43. The molecule has 0 amide bonds. The van der Waals surface area contributed by atoms with Gasteiger partial charge in [0.05, 0.1) is 0 Å². The van der Waals surface area contributed by atoms with Gasteiger partial charge in [-0.15, -0.1) is 0 Å². The Kier molecular flexibility index (Phi) is 3.25. The van der Waals surface area contributed by atoms with E-state index in [2.05, 4.69) is 31.7 Å². The fourth-order valence-corrected chi connectivity index (χ4v) is 3.31. The summed E-state index contributed by atoms with van der Waals surface area (Å²) in [7, 11) is 0.